The molecule has 0 aliphatic carbocycles. The predicted octanol–water partition coefficient (Wildman–Crippen LogP) is 4.29. The largest absolute Gasteiger partial charge is 0.293 e. The van der Waals surface area contributed by atoms with Crippen LogP contribution in [0, 0.1) is 5.92 Å². The minimum atomic E-state index is -0.229. The number of hydrogen-bond donors (Lipinski definition) is 0. The van der Waals surface area contributed by atoms with Crippen LogP contribution in [0.1, 0.15) is 34.1 Å². The quantitative estimate of drug-likeness (QED) is 0.448. The molecule has 105 valence electrons. The molecule has 2 heteroatoms. The number of rotatable bonds is 6. The van der Waals surface area contributed by atoms with E-state index in [-0.39, 0.29) is 17.5 Å². The Labute approximate surface area is 125 Å². The van der Waals surface area contributed by atoms with Gasteiger partial charge in [0.15, 0.2) is 11.6 Å². The van der Waals surface area contributed by atoms with Gasteiger partial charge in [0.1, 0.15) is 5.92 Å². The summed E-state index contributed by atoms with van der Waals surface area (Å²) in [6.45, 7) is 5.64. The van der Waals surface area contributed by atoms with Gasteiger partial charge in [-0.05, 0) is 13.3 Å². The summed E-state index contributed by atoms with van der Waals surface area (Å²) in [6.07, 6.45) is 0.293. The Morgan fingerprint density at radius 3 is 1.52 bits per heavy atom. The number of carbonyl (C=O) groups is 2. The molecule has 0 saturated heterocycles. The van der Waals surface area contributed by atoms with Crippen LogP contribution < -0.4 is 0 Å². The lowest BCUT2D eigenvalue weighted by Gasteiger charge is -2.14. The fourth-order valence-electron chi connectivity index (χ4n) is 2.09. The van der Waals surface area contributed by atoms with Gasteiger partial charge in [-0.15, -0.1) is 6.58 Å². The highest BCUT2D eigenvalue weighted by Crippen LogP contribution is 2.23. The fraction of sp³-hybridized carbons (Fsp3) is 0.105. The first-order chi connectivity index (χ1) is 10.1. The van der Waals surface area contributed by atoms with Crippen LogP contribution in [-0.4, -0.2) is 11.6 Å². The standard InChI is InChI=1S/C19H17O2/c1-14(2)13-17(18(20)15-9-5-3-6-10-15)19(21)16-11-7-4-8-12-16/h3-12H,1,13H2,2H3. The monoisotopic (exact) mass is 277 g/mol. The van der Waals surface area contributed by atoms with E-state index in [4.69, 9.17) is 0 Å². The Morgan fingerprint density at radius 2 is 1.19 bits per heavy atom. The third kappa shape index (κ3) is 3.76. The summed E-state index contributed by atoms with van der Waals surface area (Å²) in [5.41, 5.74) is 1.84. The van der Waals surface area contributed by atoms with Crippen molar-refractivity contribution >= 4 is 11.6 Å². The van der Waals surface area contributed by atoms with Crippen LogP contribution >= 0.6 is 0 Å². The molecule has 0 saturated carbocycles. The van der Waals surface area contributed by atoms with Crippen molar-refractivity contribution in [1.29, 1.82) is 0 Å². The van der Waals surface area contributed by atoms with E-state index in [2.05, 4.69) is 6.58 Å². The Hall–Kier alpha value is -2.48. The lowest BCUT2D eigenvalue weighted by Crippen LogP contribution is -2.22. The molecular formula is C19H17O2. The van der Waals surface area contributed by atoms with Gasteiger partial charge in [0, 0.05) is 11.1 Å². The van der Waals surface area contributed by atoms with E-state index in [1.807, 2.05) is 19.1 Å². The van der Waals surface area contributed by atoms with Crippen LogP contribution in [0.2, 0.25) is 0 Å². The van der Waals surface area contributed by atoms with Gasteiger partial charge >= 0.3 is 0 Å². The van der Waals surface area contributed by atoms with Crippen molar-refractivity contribution in [3.63, 3.8) is 0 Å². The molecular weight excluding hydrogens is 260 g/mol. The average Bonchev–Trinajstić information content (AvgIpc) is 2.53. The summed E-state index contributed by atoms with van der Waals surface area (Å²) < 4.78 is 0. The second kappa shape index (κ2) is 6.80. The number of carbonyl (C=O) groups excluding carboxylic acids is 2. The molecule has 2 aromatic rings. The van der Waals surface area contributed by atoms with Gasteiger partial charge in [0.05, 0.1) is 0 Å². The number of ketones is 2. The number of benzene rings is 2. The van der Waals surface area contributed by atoms with Crippen LogP contribution in [-0.2, 0) is 0 Å². The molecule has 0 spiro atoms. The van der Waals surface area contributed by atoms with Crippen LogP contribution in [0.25, 0.3) is 0 Å². The molecule has 1 radical (unpaired) electrons. The van der Waals surface area contributed by atoms with E-state index in [0.29, 0.717) is 17.5 Å². The summed E-state index contributed by atoms with van der Waals surface area (Å²) in [6, 6.07) is 17.7. The van der Waals surface area contributed by atoms with Gasteiger partial charge in [-0.25, -0.2) is 0 Å². The summed E-state index contributed by atoms with van der Waals surface area (Å²) in [5, 5.41) is 0. The first-order valence-corrected chi connectivity index (χ1v) is 6.79. The van der Waals surface area contributed by atoms with Gasteiger partial charge in [-0.3, -0.25) is 9.59 Å². The van der Waals surface area contributed by atoms with Crippen LogP contribution in [0.5, 0.6) is 0 Å². The molecule has 0 fully saturated rings. The second-order valence-electron chi connectivity index (χ2n) is 5.00. The Bertz CT molecular complexity index is 590. The van der Waals surface area contributed by atoms with E-state index >= 15 is 0 Å². The van der Waals surface area contributed by atoms with Crippen molar-refractivity contribution in [2.24, 2.45) is 0 Å². The number of hydrogen-bond acceptors (Lipinski definition) is 2. The molecule has 0 bridgehead atoms. The predicted molar refractivity (Wildman–Crippen MR) is 84.2 cm³/mol. The molecule has 2 rings (SSSR count). The summed E-state index contributed by atoms with van der Waals surface area (Å²) in [4.78, 5) is 25.2. The Kier molecular flexibility index (Phi) is 4.83. The van der Waals surface area contributed by atoms with E-state index in [1.54, 1.807) is 48.5 Å². The first kappa shape index (κ1) is 14.9. The molecule has 0 amide bonds. The van der Waals surface area contributed by atoms with Gasteiger partial charge in [0.25, 0.3) is 0 Å². The maximum atomic E-state index is 12.6. The zero-order valence-electron chi connectivity index (χ0n) is 12.0. The number of allylic oxidation sites excluding steroid dienone is 1. The SMILES string of the molecule is C=C(C)C[C](C(=O)c1ccccc1)C(=O)c1ccccc1. The lowest BCUT2D eigenvalue weighted by molar-refractivity contribution is 0.0919. The first-order valence-electron chi connectivity index (χ1n) is 6.79. The minimum Gasteiger partial charge on any atom is -0.293 e. The van der Waals surface area contributed by atoms with Crippen molar-refractivity contribution in [1.82, 2.24) is 0 Å². The molecule has 0 unspecified atom stereocenters. The average molecular weight is 277 g/mol. The summed E-state index contributed by atoms with van der Waals surface area (Å²) >= 11 is 0. The lowest BCUT2D eigenvalue weighted by atomic mass is 9.86. The smallest absolute Gasteiger partial charge is 0.178 e. The number of Topliss-reactive ketones (excluding diaryl/α,β-unsaturated/α-hetero) is 2. The van der Waals surface area contributed by atoms with Crippen molar-refractivity contribution in [2.45, 2.75) is 13.3 Å². The maximum absolute atomic E-state index is 12.6. The summed E-state index contributed by atoms with van der Waals surface area (Å²) in [5.74, 6) is -0.195. The minimum absolute atomic E-state index is 0.229. The Balaban J connectivity index is 2.33. The Morgan fingerprint density at radius 1 is 0.810 bits per heavy atom. The van der Waals surface area contributed by atoms with Gasteiger partial charge < -0.3 is 0 Å². The van der Waals surface area contributed by atoms with Crippen molar-refractivity contribution in [3.05, 3.63) is 89.9 Å². The van der Waals surface area contributed by atoms with Crippen LogP contribution in [0.4, 0.5) is 0 Å². The van der Waals surface area contributed by atoms with Crippen molar-refractivity contribution in [2.75, 3.05) is 0 Å². The van der Waals surface area contributed by atoms with Gasteiger partial charge in [-0.1, -0.05) is 66.2 Å². The van der Waals surface area contributed by atoms with Crippen LogP contribution in [0.15, 0.2) is 72.8 Å². The topological polar surface area (TPSA) is 34.1 Å². The highest BCUT2D eigenvalue weighted by Gasteiger charge is 2.29. The van der Waals surface area contributed by atoms with Gasteiger partial charge in [-0.2, -0.15) is 0 Å². The van der Waals surface area contributed by atoms with E-state index < -0.39 is 0 Å². The molecule has 0 atom stereocenters. The normalized spacial score (nSPS) is 10.4. The molecule has 0 aromatic heterocycles. The zero-order chi connectivity index (χ0) is 15.2. The highest BCUT2D eigenvalue weighted by molar-refractivity contribution is 6.27. The van der Waals surface area contributed by atoms with E-state index in [9.17, 15) is 9.59 Å². The highest BCUT2D eigenvalue weighted by atomic mass is 16.1. The van der Waals surface area contributed by atoms with Crippen molar-refractivity contribution in [3.8, 4) is 0 Å². The molecule has 2 aromatic carbocycles. The fourth-order valence-corrected chi connectivity index (χ4v) is 2.09. The molecule has 0 N–H and O–H groups in total. The third-order valence-corrected chi connectivity index (χ3v) is 3.10. The van der Waals surface area contributed by atoms with Gasteiger partial charge in [0.2, 0.25) is 0 Å². The van der Waals surface area contributed by atoms with E-state index in [0.717, 1.165) is 5.57 Å². The maximum Gasteiger partial charge on any atom is 0.178 e. The molecule has 0 aliphatic rings. The summed E-state index contributed by atoms with van der Waals surface area (Å²) in [7, 11) is 0. The van der Waals surface area contributed by atoms with Crippen LogP contribution in [0.3, 0.4) is 0 Å². The molecule has 0 heterocycles. The van der Waals surface area contributed by atoms with E-state index in [1.165, 1.54) is 0 Å². The second-order valence-corrected chi connectivity index (χ2v) is 5.00. The molecule has 2 nitrogen and oxygen atoms in total. The van der Waals surface area contributed by atoms with Crippen molar-refractivity contribution < 1.29 is 9.59 Å². The molecule has 21 heavy (non-hydrogen) atoms. The molecule has 0 aliphatic heterocycles. The third-order valence-electron chi connectivity index (χ3n) is 3.10. The zero-order valence-corrected chi connectivity index (χ0v) is 12.0.